The van der Waals surface area contributed by atoms with E-state index in [1.807, 2.05) is 0 Å². The topological polar surface area (TPSA) is 57.7 Å². The van der Waals surface area contributed by atoms with Crippen LogP contribution in [-0.4, -0.2) is 36.7 Å². The predicted molar refractivity (Wildman–Crippen MR) is 82.0 cm³/mol. The number of fused-ring (bicyclic) bond motifs is 1. The van der Waals surface area contributed by atoms with Crippen molar-refractivity contribution in [3.05, 3.63) is 65.2 Å². The van der Waals surface area contributed by atoms with Crippen molar-refractivity contribution in [3.63, 3.8) is 0 Å². The zero-order chi connectivity index (χ0) is 15.7. The summed E-state index contributed by atoms with van der Waals surface area (Å²) >= 11 is 0. The van der Waals surface area contributed by atoms with Crippen molar-refractivity contribution in [2.75, 3.05) is 18.6 Å². The van der Waals surface area contributed by atoms with Crippen molar-refractivity contribution in [2.45, 2.75) is 0 Å². The van der Waals surface area contributed by atoms with Gasteiger partial charge >= 0.3 is 0 Å². The molecule has 0 aromatic heterocycles. The molecule has 0 radical (unpaired) electrons. The minimum absolute atomic E-state index is 0.160. The molecule has 5 heteroatoms. The van der Waals surface area contributed by atoms with Gasteiger partial charge in [-0.3, -0.25) is 19.3 Å². The molecule has 2 amide bonds. The van der Waals surface area contributed by atoms with E-state index in [1.165, 1.54) is 4.90 Å². The number of imide groups is 1. The Hall–Kier alpha value is -2.95. The van der Waals surface area contributed by atoms with Crippen LogP contribution in [0.3, 0.4) is 0 Å². The summed E-state index contributed by atoms with van der Waals surface area (Å²) in [4.78, 5) is 38.3. The third-order valence-corrected chi connectivity index (χ3v) is 3.70. The van der Waals surface area contributed by atoms with E-state index in [1.54, 1.807) is 60.5 Å². The fourth-order valence-electron chi connectivity index (χ4n) is 2.47. The van der Waals surface area contributed by atoms with Crippen LogP contribution in [-0.2, 0) is 0 Å². The Balaban J connectivity index is 1.80. The molecule has 0 fully saturated rings. The zero-order valence-electron chi connectivity index (χ0n) is 12.0. The maximum atomic E-state index is 12.3. The second-order valence-electron chi connectivity index (χ2n) is 5.13. The van der Waals surface area contributed by atoms with Gasteiger partial charge in [0.15, 0.2) is 0 Å². The van der Waals surface area contributed by atoms with Crippen molar-refractivity contribution in [1.29, 1.82) is 0 Å². The molecule has 0 atom stereocenters. The van der Waals surface area contributed by atoms with Crippen LogP contribution in [0.2, 0.25) is 0 Å². The highest BCUT2D eigenvalue weighted by atomic mass is 16.2. The summed E-state index contributed by atoms with van der Waals surface area (Å²) in [5.74, 6) is -0.561. The number of rotatable bonds is 4. The van der Waals surface area contributed by atoms with Gasteiger partial charge in [-0.2, -0.15) is 0 Å². The predicted octanol–water partition coefficient (Wildman–Crippen LogP) is 2.19. The standard InChI is InChI=1S/C17H14N2O3/c1-18(13-8-6-12(10-20)7-9-13)11-19-16(21)14-4-2-3-5-15(14)17(19)22/h2-10H,11H2,1H3. The van der Waals surface area contributed by atoms with Gasteiger partial charge in [-0.25, -0.2) is 0 Å². The van der Waals surface area contributed by atoms with Gasteiger partial charge in [-0.15, -0.1) is 0 Å². The normalized spacial score (nSPS) is 13.2. The van der Waals surface area contributed by atoms with E-state index in [-0.39, 0.29) is 18.5 Å². The maximum Gasteiger partial charge on any atom is 0.263 e. The molecular formula is C17H14N2O3. The number of carbonyl (C=O) groups is 3. The monoisotopic (exact) mass is 294 g/mol. The van der Waals surface area contributed by atoms with Gasteiger partial charge in [-0.1, -0.05) is 12.1 Å². The number of carbonyl (C=O) groups excluding carboxylic acids is 3. The molecule has 0 saturated heterocycles. The summed E-state index contributed by atoms with van der Waals surface area (Å²) in [6.45, 7) is 0.160. The maximum absolute atomic E-state index is 12.3. The van der Waals surface area contributed by atoms with Gasteiger partial charge in [-0.05, 0) is 36.4 Å². The fraction of sp³-hybridized carbons (Fsp3) is 0.118. The molecule has 5 nitrogen and oxygen atoms in total. The molecule has 2 aromatic rings. The molecule has 1 heterocycles. The Bertz CT molecular complexity index is 718. The number of anilines is 1. The third-order valence-electron chi connectivity index (χ3n) is 3.70. The molecule has 110 valence electrons. The first kappa shape index (κ1) is 14.0. The highest BCUT2D eigenvalue weighted by Crippen LogP contribution is 2.23. The largest absolute Gasteiger partial charge is 0.356 e. The van der Waals surface area contributed by atoms with Crippen LogP contribution in [0.1, 0.15) is 31.1 Å². The van der Waals surface area contributed by atoms with E-state index >= 15 is 0 Å². The quantitative estimate of drug-likeness (QED) is 0.640. The number of amides is 2. The molecule has 0 aliphatic carbocycles. The first-order valence-corrected chi connectivity index (χ1v) is 6.83. The van der Waals surface area contributed by atoms with Crippen molar-refractivity contribution >= 4 is 23.8 Å². The molecule has 0 bridgehead atoms. The summed E-state index contributed by atoms with van der Waals surface area (Å²) in [6.07, 6.45) is 0.772. The highest BCUT2D eigenvalue weighted by Gasteiger charge is 2.35. The molecule has 0 spiro atoms. The Morgan fingerprint density at radius 1 is 0.955 bits per heavy atom. The van der Waals surface area contributed by atoms with Crippen LogP contribution in [0, 0.1) is 0 Å². The second kappa shape index (κ2) is 5.44. The Morgan fingerprint density at radius 2 is 1.50 bits per heavy atom. The first-order valence-electron chi connectivity index (χ1n) is 6.83. The molecule has 22 heavy (non-hydrogen) atoms. The van der Waals surface area contributed by atoms with Crippen molar-refractivity contribution in [3.8, 4) is 0 Å². The lowest BCUT2D eigenvalue weighted by Crippen LogP contribution is -2.39. The van der Waals surface area contributed by atoms with Crippen LogP contribution in [0.25, 0.3) is 0 Å². The van der Waals surface area contributed by atoms with Gasteiger partial charge in [0.05, 0.1) is 11.1 Å². The summed E-state index contributed by atoms with van der Waals surface area (Å²) in [5, 5.41) is 0. The van der Waals surface area contributed by atoms with Crippen molar-refractivity contribution in [1.82, 2.24) is 4.90 Å². The number of benzene rings is 2. The molecule has 0 saturated carbocycles. The summed E-state index contributed by atoms with van der Waals surface area (Å²) in [6, 6.07) is 13.8. The van der Waals surface area contributed by atoms with E-state index in [0.29, 0.717) is 16.7 Å². The lowest BCUT2D eigenvalue weighted by molar-refractivity contribution is 0.0656. The molecule has 3 rings (SSSR count). The molecule has 1 aliphatic rings. The minimum Gasteiger partial charge on any atom is -0.356 e. The van der Waals surface area contributed by atoms with Gasteiger partial charge in [0.25, 0.3) is 11.8 Å². The number of nitrogens with zero attached hydrogens (tertiary/aromatic N) is 2. The number of aldehydes is 1. The Kier molecular flexibility index (Phi) is 3.47. The van der Waals surface area contributed by atoms with Gasteiger partial charge < -0.3 is 4.90 Å². The van der Waals surface area contributed by atoms with Crippen LogP contribution < -0.4 is 4.90 Å². The molecule has 1 aliphatic heterocycles. The van der Waals surface area contributed by atoms with Crippen molar-refractivity contribution < 1.29 is 14.4 Å². The summed E-state index contributed by atoms with van der Waals surface area (Å²) in [7, 11) is 1.79. The van der Waals surface area contributed by atoms with Gasteiger partial charge in [0.1, 0.15) is 13.0 Å². The van der Waals surface area contributed by atoms with Gasteiger partial charge in [0.2, 0.25) is 0 Å². The number of hydrogen-bond donors (Lipinski definition) is 0. The lowest BCUT2D eigenvalue weighted by atomic mass is 10.1. The van der Waals surface area contributed by atoms with Crippen LogP contribution in [0.5, 0.6) is 0 Å². The number of hydrogen-bond acceptors (Lipinski definition) is 4. The Morgan fingerprint density at radius 3 is 2.00 bits per heavy atom. The average molecular weight is 294 g/mol. The second-order valence-corrected chi connectivity index (χ2v) is 5.13. The molecular weight excluding hydrogens is 280 g/mol. The first-order chi connectivity index (χ1) is 10.6. The molecule has 2 aromatic carbocycles. The third kappa shape index (κ3) is 2.26. The smallest absolute Gasteiger partial charge is 0.263 e. The van der Waals surface area contributed by atoms with E-state index in [4.69, 9.17) is 0 Å². The average Bonchev–Trinajstić information content (AvgIpc) is 2.80. The zero-order valence-corrected chi connectivity index (χ0v) is 12.0. The fourth-order valence-corrected chi connectivity index (χ4v) is 2.47. The van der Waals surface area contributed by atoms with E-state index < -0.39 is 0 Å². The molecule has 0 unspecified atom stereocenters. The van der Waals surface area contributed by atoms with Crippen LogP contribution in [0.4, 0.5) is 5.69 Å². The minimum atomic E-state index is -0.281. The SMILES string of the molecule is CN(CN1C(=O)c2ccccc2C1=O)c1ccc(C=O)cc1. The van der Waals surface area contributed by atoms with E-state index in [2.05, 4.69) is 0 Å². The highest BCUT2D eigenvalue weighted by molar-refractivity contribution is 6.21. The van der Waals surface area contributed by atoms with E-state index in [0.717, 1.165) is 12.0 Å². The van der Waals surface area contributed by atoms with E-state index in [9.17, 15) is 14.4 Å². The Labute approximate surface area is 127 Å². The van der Waals surface area contributed by atoms with Crippen molar-refractivity contribution in [2.24, 2.45) is 0 Å². The van der Waals surface area contributed by atoms with Crippen LogP contribution >= 0.6 is 0 Å². The summed E-state index contributed by atoms with van der Waals surface area (Å²) < 4.78 is 0. The van der Waals surface area contributed by atoms with Crippen LogP contribution in [0.15, 0.2) is 48.5 Å². The van der Waals surface area contributed by atoms with Gasteiger partial charge in [0, 0.05) is 18.3 Å². The molecule has 0 N–H and O–H groups in total. The summed E-state index contributed by atoms with van der Waals surface area (Å²) in [5.41, 5.74) is 2.29. The lowest BCUT2D eigenvalue weighted by Gasteiger charge is -2.24.